The van der Waals surface area contributed by atoms with Gasteiger partial charge in [0.25, 0.3) is 16.0 Å². The van der Waals surface area contributed by atoms with Crippen LogP contribution in [0.4, 0.5) is 5.69 Å². The fourth-order valence-electron chi connectivity index (χ4n) is 7.10. The number of ketones is 1. The predicted molar refractivity (Wildman–Crippen MR) is 143 cm³/mol. The van der Waals surface area contributed by atoms with E-state index in [4.69, 9.17) is 4.55 Å². The number of piperidine rings is 1. The number of piperazine rings is 1. The highest BCUT2D eigenvalue weighted by Gasteiger charge is 2.65. The molecule has 2 saturated carbocycles. The molecule has 3 aliphatic heterocycles. The number of fused-ring (bicyclic) bond motifs is 3. The molecular formula is C27H36N4O7S. The average molecular weight is 561 g/mol. The number of benzene rings is 1. The van der Waals surface area contributed by atoms with E-state index in [0.29, 0.717) is 31.4 Å². The first-order valence-electron chi connectivity index (χ1n) is 13.5. The number of amides is 3. The molecular weight excluding hydrogens is 524 g/mol. The summed E-state index contributed by atoms with van der Waals surface area (Å²) in [6, 6.07) is 5.35. The van der Waals surface area contributed by atoms with E-state index in [1.54, 1.807) is 4.90 Å². The summed E-state index contributed by atoms with van der Waals surface area (Å²) in [4.78, 5) is 51.8. The van der Waals surface area contributed by atoms with Crippen molar-refractivity contribution >= 4 is 39.3 Å². The lowest BCUT2D eigenvalue weighted by atomic mass is 9.70. The second-order valence-corrected chi connectivity index (χ2v) is 13.3. The maximum Gasteiger partial charge on any atom is 0.265 e. The van der Waals surface area contributed by atoms with Crippen molar-refractivity contribution in [2.75, 3.05) is 36.8 Å². The maximum atomic E-state index is 12.6. The zero-order valence-electron chi connectivity index (χ0n) is 22.4. The minimum atomic E-state index is -4.08. The number of nitrogens with one attached hydrogen (secondary N) is 2. The number of nitrogens with zero attached hydrogens (tertiary/aromatic N) is 2. The Morgan fingerprint density at radius 1 is 1.08 bits per heavy atom. The number of imide groups is 1. The van der Waals surface area contributed by atoms with Crippen LogP contribution < -0.4 is 15.5 Å². The second-order valence-electron chi connectivity index (χ2n) is 11.9. The van der Waals surface area contributed by atoms with Gasteiger partial charge in [-0.2, -0.15) is 8.42 Å². The molecule has 3 amide bonds. The van der Waals surface area contributed by atoms with E-state index in [1.807, 2.05) is 26.0 Å². The van der Waals surface area contributed by atoms with Gasteiger partial charge in [-0.1, -0.05) is 13.8 Å². The molecule has 1 aromatic carbocycles. The molecule has 3 heterocycles. The fourth-order valence-corrected chi connectivity index (χ4v) is 8.40. The molecule has 11 nitrogen and oxygen atoms in total. The lowest BCUT2D eigenvalue weighted by molar-refractivity contribution is -0.137. The van der Waals surface area contributed by atoms with Crippen LogP contribution in [-0.2, 0) is 31.0 Å². The predicted octanol–water partition coefficient (Wildman–Crippen LogP) is 1.13. The van der Waals surface area contributed by atoms with Gasteiger partial charge in [-0.3, -0.25) is 29.0 Å². The van der Waals surface area contributed by atoms with Crippen LogP contribution in [0.15, 0.2) is 18.2 Å². The van der Waals surface area contributed by atoms with Crippen molar-refractivity contribution in [1.82, 2.24) is 15.5 Å². The van der Waals surface area contributed by atoms with Crippen molar-refractivity contribution in [2.24, 2.45) is 16.7 Å². The quantitative estimate of drug-likeness (QED) is 0.363. The number of Topliss-reactive ketones (excluding diaryl/α,β-unsaturated/α-hetero) is 1. The summed E-state index contributed by atoms with van der Waals surface area (Å²) in [5.74, 6) is -0.849. The van der Waals surface area contributed by atoms with Crippen LogP contribution in [0.5, 0.6) is 0 Å². The van der Waals surface area contributed by atoms with Crippen LogP contribution in [0.2, 0.25) is 0 Å². The van der Waals surface area contributed by atoms with Crippen LogP contribution in [0, 0.1) is 16.7 Å². The van der Waals surface area contributed by atoms with Gasteiger partial charge in [0, 0.05) is 56.8 Å². The van der Waals surface area contributed by atoms with Crippen LogP contribution in [0.25, 0.3) is 0 Å². The average Bonchev–Trinajstić information content (AvgIpc) is 3.39. The molecule has 2 saturated heterocycles. The first-order valence-corrected chi connectivity index (χ1v) is 15.1. The first-order chi connectivity index (χ1) is 18.3. The Morgan fingerprint density at radius 3 is 2.38 bits per heavy atom. The summed E-state index contributed by atoms with van der Waals surface area (Å²) in [5, 5.41) is 5.66. The molecule has 4 fully saturated rings. The molecule has 3 N–H and O–H groups in total. The van der Waals surface area contributed by atoms with E-state index >= 15 is 0 Å². The number of carbonyl (C=O) groups excluding carboxylic acids is 4. The van der Waals surface area contributed by atoms with Gasteiger partial charge >= 0.3 is 0 Å². The topological polar surface area (TPSA) is 153 Å². The molecule has 0 aromatic heterocycles. The number of hydrogen-bond donors (Lipinski definition) is 3. The third kappa shape index (κ3) is 4.98. The molecule has 0 unspecified atom stereocenters. The van der Waals surface area contributed by atoms with Gasteiger partial charge in [0.2, 0.25) is 11.8 Å². The Labute approximate surface area is 228 Å². The van der Waals surface area contributed by atoms with Gasteiger partial charge in [-0.05, 0) is 54.4 Å². The van der Waals surface area contributed by atoms with E-state index in [2.05, 4.69) is 21.6 Å². The van der Waals surface area contributed by atoms with Gasteiger partial charge in [-0.15, -0.1) is 0 Å². The Kier molecular flexibility index (Phi) is 7.09. The summed E-state index contributed by atoms with van der Waals surface area (Å²) in [5.41, 5.74) is 1.62. The summed E-state index contributed by atoms with van der Waals surface area (Å²) in [6.07, 6.45) is 2.65. The molecule has 12 heteroatoms. The van der Waals surface area contributed by atoms with Crippen LogP contribution in [0.1, 0.15) is 61.9 Å². The molecule has 0 spiro atoms. The monoisotopic (exact) mass is 560 g/mol. The van der Waals surface area contributed by atoms with Gasteiger partial charge < -0.3 is 15.1 Å². The molecule has 3 atom stereocenters. The number of rotatable bonds is 4. The van der Waals surface area contributed by atoms with Crippen LogP contribution in [-0.4, -0.2) is 79.3 Å². The highest BCUT2D eigenvalue weighted by molar-refractivity contribution is 7.85. The molecule has 1 aromatic rings. The number of hydrogen-bond acceptors (Lipinski definition) is 8. The van der Waals surface area contributed by atoms with E-state index < -0.39 is 27.3 Å². The minimum absolute atomic E-state index is 0.0152. The SMILES string of the molecule is CC1(C)[C@@H]2CC[C@@]1(CS(=O)(=O)O)C(=O)C2.O=C1CC[C@H](N2Cc3cc(N4CCNCC4)ccc3C2=O)C(=O)N1. The van der Waals surface area contributed by atoms with Gasteiger partial charge in [0.1, 0.15) is 11.8 Å². The van der Waals surface area contributed by atoms with Crippen molar-refractivity contribution in [3.63, 3.8) is 0 Å². The van der Waals surface area contributed by atoms with Gasteiger partial charge in [0.05, 0.1) is 11.2 Å². The van der Waals surface area contributed by atoms with Gasteiger partial charge in [-0.25, -0.2) is 0 Å². The van der Waals surface area contributed by atoms with E-state index in [9.17, 15) is 27.6 Å². The zero-order chi connectivity index (χ0) is 28.2. The molecule has 212 valence electrons. The maximum absolute atomic E-state index is 12.6. The number of carbonyl (C=O) groups is 4. The van der Waals surface area contributed by atoms with E-state index in [-0.39, 0.29) is 41.3 Å². The Bertz CT molecular complexity index is 1320. The highest BCUT2D eigenvalue weighted by atomic mass is 32.2. The molecule has 6 rings (SSSR count). The smallest absolute Gasteiger partial charge is 0.265 e. The Balaban J connectivity index is 0.000000177. The molecule has 0 radical (unpaired) electrons. The molecule has 5 aliphatic rings. The van der Waals surface area contributed by atoms with E-state index in [0.717, 1.165) is 43.9 Å². The molecule has 2 bridgehead atoms. The molecule has 2 aliphatic carbocycles. The lowest BCUT2D eigenvalue weighted by Crippen LogP contribution is -2.52. The van der Waals surface area contributed by atoms with E-state index in [1.165, 1.54) is 0 Å². The largest absolute Gasteiger partial charge is 0.369 e. The van der Waals surface area contributed by atoms with Crippen molar-refractivity contribution < 1.29 is 32.1 Å². The normalized spacial score (nSPS) is 29.7. The van der Waals surface area contributed by atoms with Crippen LogP contribution in [0.3, 0.4) is 0 Å². The summed E-state index contributed by atoms with van der Waals surface area (Å²) in [7, 11) is -4.08. The van der Waals surface area contributed by atoms with Crippen molar-refractivity contribution in [3.8, 4) is 0 Å². The summed E-state index contributed by atoms with van der Waals surface area (Å²) < 4.78 is 31.0. The zero-order valence-corrected chi connectivity index (χ0v) is 23.2. The Hall–Kier alpha value is -2.83. The first kappa shape index (κ1) is 27.7. The van der Waals surface area contributed by atoms with Crippen LogP contribution >= 0.6 is 0 Å². The third-order valence-corrected chi connectivity index (χ3v) is 10.4. The standard InChI is InChI=1S/C17H20N4O3.C10H16O4S/c22-15-4-3-14(16(23)19-15)21-10-11-9-12(1-2-13(11)17(21)24)20-7-5-18-6-8-20;1-9(2)7-3-4-10(9,8(11)5-7)6-15(12,13)14/h1-2,9,14,18H,3-8,10H2,(H,19,22,23);7H,3-6H2,1-2H3,(H,12,13,14)/t14-;7-,10-/m01/s1. The van der Waals surface area contributed by atoms with Crippen molar-refractivity contribution in [2.45, 2.75) is 58.5 Å². The fraction of sp³-hybridized carbons (Fsp3) is 0.630. The van der Waals surface area contributed by atoms with Gasteiger partial charge in [0.15, 0.2) is 0 Å². The Morgan fingerprint density at radius 2 is 1.79 bits per heavy atom. The van der Waals surface area contributed by atoms with Crippen molar-refractivity contribution in [3.05, 3.63) is 29.3 Å². The third-order valence-electron chi connectivity index (χ3n) is 9.56. The summed E-state index contributed by atoms with van der Waals surface area (Å²) in [6.45, 7) is 8.13. The second kappa shape index (κ2) is 9.97. The van der Waals surface area contributed by atoms with Crippen molar-refractivity contribution in [1.29, 1.82) is 0 Å². The molecule has 39 heavy (non-hydrogen) atoms. The number of anilines is 1. The highest BCUT2D eigenvalue weighted by Crippen LogP contribution is 2.64. The summed E-state index contributed by atoms with van der Waals surface area (Å²) >= 11 is 0. The lowest BCUT2D eigenvalue weighted by Gasteiger charge is -2.35. The minimum Gasteiger partial charge on any atom is -0.369 e.